The first-order chi connectivity index (χ1) is 8.70. The van der Waals surface area contributed by atoms with Gasteiger partial charge in [-0.3, -0.25) is 0 Å². The van der Waals surface area contributed by atoms with E-state index in [1.165, 1.54) is 25.5 Å². The van der Waals surface area contributed by atoms with Crippen LogP contribution in [0.5, 0.6) is 5.75 Å². The molecule has 96 valence electrons. The predicted molar refractivity (Wildman–Crippen MR) is 69.7 cm³/mol. The van der Waals surface area contributed by atoms with E-state index in [1.54, 1.807) is 12.1 Å². The molecule has 3 heteroatoms. The van der Waals surface area contributed by atoms with Crippen LogP contribution in [0.25, 0.3) is 0 Å². The van der Waals surface area contributed by atoms with Gasteiger partial charge in [-0.15, -0.1) is 0 Å². The number of aromatic hydroxyl groups is 1. The number of rotatable bonds is 3. The van der Waals surface area contributed by atoms with Crippen molar-refractivity contribution in [2.24, 2.45) is 0 Å². The molecule has 0 saturated heterocycles. The van der Waals surface area contributed by atoms with Crippen molar-refractivity contribution in [3.63, 3.8) is 0 Å². The molecule has 0 amide bonds. The second kappa shape index (κ2) is 5.71. The molecule has 0 aliphatic heterocycles. The summed E-state index contributed by atoms with van der Waals surface area (Å²) in [4.78, 5) is 11.5. The number of ether oxygens (including phenoxy) is 1. The Balaban J connectivity index is 2.18. The SMILES string of the molecule is COC(=O)c1cc(CC2=CCCCC2)ccc1O. The number of allylic oxidation sites excluding steroid dienone is 2. The summed E-state index contributed by atoms with van der Waals surface area (Å²) in [5.74, 6) is -0.518. The molecule has 0 bridgehead atoms. The van der Waals surface area contributed by atoms with E-state index in [-0.39, 0.29) is 11.3 Å². The third-order valence-corrected chi connectivity index (χ3v) is 3.28. The normalized spacial score (nSPS) is 15.1. The standard InChI is InChI=1S/C15H18O3/c1-18-15(17)13-10-12(7-8-14(13)16)9-11-5-3-2-4-6-11/h5,7-8,10,16H,2-4,6,9H2,1H3. The van der Waals surface area contributed by atoms with Crippen LogP contribution in [-0.2, 0) is 11.2 Å². The fourth-order valence-electron chi connectivity index (χ4n) is 2.29. The number of esters is 1. The van der Waals surface area contributed by atoms with Gasteiger partial charge >= 0.3 is 5.97 Å². The molecule has 3 nitrogen and oxygen atoms in total. The van der Waals surface area contributed by atoms with Gasteiger partial charge in [-0.25, -0.2) is 4.79 Å². The summed E-state index contributed by atoms with van der Waals surface area (Å²) in [5, 5.41) is 9.63. The number of methoxy groups -OCH3 is 1. The fraction of sp³-hybridized carbons (Fsp3) is 0.400. The first-order valence-electron chi connectivity index (χ1n) is 6.29. The van der Waals surface area contributed by atoms with Gasteiger partial charge in [0, 0.05) is 0 Å². The molecule has 18 heavy (non-hydrogen) atoms. The van der Waals surface area contributed by atoms with Crippen molar-refractivity contribution >= 4 is 5.97 Å². The molecule has 0 saturated carbocycles. The molecule has 0 aromatic heterocycles. The molecule has 1 aliphatic rings. The molecular formula is C15H18O3. The second-order valence-electron chi connectivity index (χ2n) is 4.63. The van der Waals surface area contributed by atoms with Crippen molar-refractivity contribution in [1.82, 2.24) is 0 Å². The maximum atomic E-state index is 11.5. The van der Waals surface area contributed by atoms with E-state index in [0.717, 1.165) is 24.8 Å². The minimum Gasteiger partial charge on any atom is -0.507 e. The topological polar surface area (TPSA) is 46.5 Å². The van der Waals surface area contributed by atoms with E-state index in [2.05, 4.69) is 10.8 Å². The summed E-state index contributed by atoms with van der Waals surface area (Å²) in [6, 6.07) is 5.14. The number of carbonyl (C=O) groups excluding carboxylic acids is 1. The molecule has 1 aromatic carbocycles. The molecule has 0 atom stereocenters. The van der Waals surface area contributed by atoms with Crippen LogP contribution in [0.2, 0.25) is 0 Å². The third kappa shape index (κ3) is 2.92. The van der Waals surface area contributed by atoms with Gasteiger partial charge in [-0.05, 0) is 49.8 Å². The maximum absolute atomic E-state index is 11.5. The summed E-state index contributed by atoms with van der Waals surface area (Å²) in [6.07, 6.45) is 7.93. The third-order valence-electron chi connectivity index (χ3n) is 3.28. The van der Waals surface area contributed by atoms with Gasteiger partial charge in [0.25, 0.3) is 0 Å². The largest absolute Gasteiger partial charge is 0.507 e. The van der Waals surface area contributed by atoms with Crippen LogP contribution in [0.4, 0.5) is 0 Å². The molecule has 0 radical (unpaired) electrons. The Labute approximate surface area is 107 Å². The lowest BCUT2D eigenvalue weighted by atomic mass is 9.93. The molecular weight excluding hydrogens is 228 g/mol. The Bertz CT molecular complexity index is 475. The highest BCUT2D eigenvalue weighted by Crippen LogP contribution is 2.24. The Morgan fingerprint density at radius 1 is 1.39 bits per heavy atom. The summed E-state index contributed by atoms with van der Waals surface area (Å²) in [7, 11) is 1.32. The number of benzene rings is 1. The van der Waals surface area contributed by atoms with Gasteiger partial charge in [0.2, 0.25) is 0 Å². The number of carbonyl (C=O) groups is 1. The van der Waals surface area contributed by atoms with E-state index in [0.29, 0.717) is 0 Å². The predicted octanol–water partition coefficient (Wildman–Crippen LogP) is 3.22. The van der Waals surface area contributed by atoms with Gasteiger partial charge in [-0.2, -0.15) is 0 Å². The molecule has 2 rings (SSSR count). The molecule has 1 aromatic rings. The summed E-state index contributed by atoms with van der Waals surface area (Å²) in [5.41, 5.74) is 2.70. The van der Waals surface area contributed by atoms with Crippen LogP contribution in [-0.4, -0.2) is 18.2 Å². The van der Waals surface area contributed by atoms with Crippen LogP contribution < -0.4 is 0 Å². The fourth-order valence-corrected chi connectivity index (χ4v) is 2.29. The van der Waals surface area contributed by atoms with Crippen molar-refractivity contribution in [3.8, 4) is 5.75 Å². The molecule has 0 fully saturated rings. The van der Waals surface area contributed by atoms with E-state index < -0.39 is 5.97 Å². The first-order valence-corrected chi connectivity index (χ1v) is 6.29. The van der Waals surface area contributed by atoms with Crippen molar-refractivity contribution in [1.29, 1.82) is 0 Å². The minimum atomic E-state index is -0.494. The number of hydrogen-bond donors (Lipinski definition) is 1. The zero-order valence-electron chi connectivity index (χ0n) is 10.6. The van der Waals surface area contributed by atoms with Crippen LogP contribution in [0.1, 0.15) is 41.6 Å². The number of phenols is 1. The zero-order chi connectivity index (χ0) is 13.0. The highest BCUT2D eigenvalue weighted by molar-refractivity contribution is 5.92. The van der Waals surface area contributed by atoms with Crippen LogP contribution in [0.15, 0.2) is 29.8 Å². The Morgan fingerprint density at radius 3 is 2.89 bits per heavy atom. The number of phenolic OH excluding ortho intramolecular Hbond substituents is 1. The minimum absolute atomic E-state index is 0.0248. The van der Waals surface area contributed by atoms with Crippen molar-refractivity contribution < 1.29 is 14.6 Å². The van der Waals surface area contributed by atoms with Gasteiger partial charge in [-0.1, -0.05) is 17.7 Å². The molecule has 0 spiro atoms. The van der Waals surface area contributed by atoms with Crippen LogP contribution in [0.3, 0.4) is 0 Å². The average Bonchev–Trinajstić information content (AvgIpc) is 2.41. The average molecular weight is 246 g/mol. The Hall–Kier alpha value is -1.77. The van der Waals surface area contributed by atoms with E-state index in [1.807, 2.05) is 6.07 Å². The molecule has 1 aliphatic carbocycles. The van der Waals surface area contributed by atoms with E-state index in [9.17, 15) is 9.90 Å². The van der Waals surface area contributed by atoms with E-state index >= 15 is 0 Å². The highest BCUT2D eigenvalue weighted by atomic mass is 16.5. The van der Waals surface area contributed by atoms with Gasteiger partial charge in [0.15, 0.2) is 0 Å². The van der Waals surface area contributed by atoms with E-state index in [4.69, 9.17) is 0 Å². The molecule has 0 heterocycles. The lowest BCUT2D eigenvalue weighted by molar-refractivity contribution is 0.0597. The van der Waals surface area contributed by atoms with Crippen molar-refractivity contribution in [2.45, 2.75) is 32.1 Å². The van der Waals surface area contributed by atoms with Crippen LogP contribution >= 0.6 is 0 Å². The Morgan fingerprint density at radius 2 is 2.22 bits per heavy atom. The summed E-state index contributed by atoms with van der Waals surface area (Å²) >= 11 is 0. The highest BCUT2D eigenvalue weighted by Gasteiger charge is 2.13. The smallest absolute Gasteiger partial charge is 0.341 e. The molecule has 1 N–H and O–H groups in total. The summed E-state index contributed by atoms with van der Waals surface area (Å²) < 4.78 is 4.65. The summed E-state index contributed by atoms with van der Waals surface area (Å²) in [6.45, 7) is 0. The zero-order valence-corrected chi connectivity index (χ0v) is 10.6. The second-order valence-corrected chi connectivity index (χ2v) is 4.63. The first kappa shape index (κ1) is 12.7. The lowest BCUT2D eigenvalue weighted by Gasteiger charge is -2.13. The van der Waals surface area contributed by atoms with Gasteiger partial charge in [0.05, 0.1) is 7.11 Å². The van der Waals surface area contributed by atoms with Gasteiger partial charge in [0.1, 0.15) is 11.3 Å². The molecule has 0 unspecified atom stereocenters. The van der Waals surface area contributed by atoms with Crippen LogP contribution in [0, 0.1) is 0 Å². The van der Waals surface area contributed by atoms with Gasteiger partial charge < -0.3 is 9.84 Å². The monoisotopic (exact) mass is 246 g/mol. The van der Waals surface area contributed by atoms with Crippen molar-refractivity contribution in [2.75, 3.05) is 7.11 Å². The van der Waals surface area contributed by atoms with Crippen molar-refractivity contribution in [3.05, 3.63) is 41.0 Å². The maximum Gasteiger partial charge on any atom is 0.341 e. The quantitative estimate of drug-likeness (QED) is 0.658. The Kier molecular flexibility index (Phi) is 4.03. The number of hydrogen-bond acceptors (Lipinski definition) is 3. The lowest BCUT2D eigenvalue weighted by Crippen LogP contribution is -2.03.